The molecule has 0 saturated carbocycles. The predicted molar refractivity (Wildman–Crippen MR) is 119 cm³/mol. The first-order valence-corrected chi connectivity index (χ1v) is 10.8. The van der Waals surface area contributed by atoms with Crippen LogP contribution in [0.5, 0.6) is 0 Å². The first-order valence-electron chi connectivity index (χ1n) is 10.8. The van der Waals surface area contributed by atoms with E-state index in [0.717, 1.165) is 6.07 Å². The molecule has 3 N–H and O–H groups in total. The maximum absolute atomic E-state index is 14.7. The molecule has 0 bridgehead atoms. The van der Waals surface area contributed by atoms with E-state index in [1.54, 1.807) is 26.1 Å². The molecule has 10 heteroatoms. The third-order valence-electron chi connectivity index (χ3n) is 6.03. The van der Waals surface area contributed by atoms with E-state index in [1.807, 2.05) is 4.90 Å². The van der Waals surface area contributed by atoms with Crippen LogP contribution in [0.2, 0.25) is 0 Å². The van der Waals surface area contributed by atoms with Crippen molar-refractivity contribution in [2.75, 3.05) is 29.9 Å². The normalized spacial score (nSPS) is 19.5. The number of aryl methyl sites for hydroxylation is 1. The van der Waals surface area contributed by atoms with Gasteiger partial charge in [-0.1, -0.05) is 18.2 Å². The molecule has 1 aromatic carbocycles. The maximum atomic E-state index is 14.7. The van der Waals surface area contributed by atoms with Crippen LogP contribution in [0.1, 0.15) is 49.2 Å². The number of halogens is 3. The van der Waals surface area contributed by atoms with Crippen molar-refractivity contribution in [3.8, 4) is 0 Å². The molecule has 176 valence electrons. The number of alkyl halides is 2. The van der Waals surface area contributed by atoms with Gasteiger partial charge >= 0.3 is 0 Å². The molecule has 0 aliphatic carbocycles. The summed E-state index contributed by atoms with van der Waals surface area (Å²) < 4.78 is 40.9. The molecule has 33 heavy (non-hydrogen) atoms. The second-order valence-electron chi connectivity index (χ2n) is 8.47. The van der Waals surface area contributed by atoms with Gasteiger partial charge in [0.15, 0.2) is 0 Å². The fraction of sp³-hybridized carbons (Fsp3) is 0.435. The number of β-amino-alcohol motifs (C(OH)–C–C–N with tert-alkyl or cyclic N) is 1. The molecule has 1 saturated heterocycles. The van der Waals surface area contributed by atoms with Gasteiger partial charge < -0.3 is 20.4 Å². The van der Waals surface area contributed by atoms with Gasteiger partial charge in [-0.2, -0.15) is 0 Å². The molecular formula is C23H26F3N5O2. The third kappa shape index (κ3) is 4.72. The molecule has 1 fully saturated rings. The number of hydrogen-bond acceptors (Lipinski definition) is 7. The summed E-state index contributed by atoms with van der Waals surface area (Å²) in [5, 5.41) is 23.6. The number of hydrogen-bond donors (Lipinski definition) is 3. The molecule has 3 heterocycles. The van der Waals surface area contributed by atoms with E-state index in [4.69, 9.17) is 0 Å². The fourth-order valence-corrected chi connectivity index (χ4v) is 4.24. The van der Waals surface area contributed by atoms with Crippen molar-refractivity contribution >= 4 is 22.5 Å². The Morgan fingerprint density at radius 3 is 2.73 bits per heavy atom. The zero-order valence-electron chi connectivity index (χ0n) is 18.4. The molecule has 0 spiro atoms. The highest BCUT2D eigenvalue weighted by Crippen LogP contribution is 2.33. The van der Waals surface area contributed by atoms with Crippen LogP contribution in [0.3, 0.4) is 0 Å². The maximum Gasteiger partial charge on any atom is 0.266 e. The van der Waals surface area contributed by atoms with Crippen molar-refractivity contribution in [1.29, 1.82) is 0 Å². The lowest BCUT2D eigenvalue weighted by atomic mass is 10.00. The van der Waals surface area contributed by atoms with E-state index in [9.17, 15) is 23.4 Å². The van der Waals surface area contributed by atoms with Gasteiger partial charge in [-0.25, -0.2) is 28.1 Å². The third-order valence-corrected chi connectivity index (χ3v) is 6.03. The Morgan fingerprint density at radius 1 is 1.24 bits per heavy atom. The van der Waals surface area contributed by atoms with Gasteiger partial charge in [0.2, 0.25) is 0 Å². The van der Waals surface area contributed by atoms with Crippen molar-refractivity contribution in [3.63, 3.8) is 0 Å². The SMILES string of the molecule is Cc1nc(N[C@H](C)c2cccc(C(F)F)c2F)c2cc(N3CC[C@@](O)(CCO)C3)ncc2n1. The lowest BCUT2D eigenvalue weighted by molar-refractivity contribution is 0.0364. The molecule has 1 aliphatic heterocycles. The summed E-state index contributed by atoms with van der Waals surface area (Å²) in [5.74, 6) is 0.586. The Labute approximate surface area is 189 Å². The Balaban J connectivity index is 1.67. The van der Waals surface area contributed by atoms with Crippen LogP contribution in [0.25, 0.3) is 10.9 Å². The van der Waals surface area contributed by atoms with Gasteiger partial charge in [0.25, 0.3) is 6.43 Å². The summed E-state index contributed by atoms with van der Waals surface area (Å²) in [6.07, 6.45) is -0.499. The number of pyridine rings is 1. The van der Waals surface area contributed by atoms with Gasteiger partial charge in [0, 0.05) is 37.1 Å². The largest absolute Gasteiger partial charge is 0.396 e. The zero-order valence-corrected chi connectivity index (χ0v) is 18.4. The molecule has 7 nitrogen and oxygen atoms in total. The second kappa shape index (κ2) is 9.11. The highest BCUT2D eigenvalue weighted by Gasteiger charge is 2.36. The quantitative estimate of drug-likeness (QED) is 0.491. The van der Waals surface area contributed by atoms with E-state index in [-0.39, 0.29) is 18.6 Å². The first kappa shape index (κ1) is 23.2. The van der Waals surface area contributed by atoms with E-state index in [2.05, 4.69) is 20.3 Å². The number of nitrogens with zero attached hydrogens (tertiary/aromatic N) is 4. The minimum Gasteiger partial charge on any atom is -0.396 e. The van der Waals surface area contributed by atoms with Crippen molar-refractivity contribution < 1.29 is 23.4 Å². The summed E-state index contributed by atoms with van der Waals surface area (Å²) in [4.78, 5) is 15.3. The number of aliphatic hydroxyl groups is 2. The molecular weight excluding hydrogens is 435 g/mol. The van der Waals surface area contributed by atoms with Crippen LogP contribution < -0.4 is 10.2 Å². The summed E-state index contributed by atoms with van der Waals surface area (Å²) in [7, 11) is 0. The topological polar surface area (TPSA) is 94.4 Å². The minimum atomic E-state index is -2.90. The molecule has 0 radical (unpaired) electrons. The second-order valence-corrected chi connectivity index (χ2v) is 8.47. The molecule has 0 unspecified atom stereocenters. The van der Waals surface area contributed by atoms with Crippen LogP contribution in [0.15, 0.2) is 30.5 Å². The number of fused-ring (bicyclic) bond motifs is 1. The van der Waals surface area contributed by atoms with Gasteiger partial charge in [-0.15, -0.1) is 0 Å². The molecule has 2 atom stereocenters. The number of rotatable bonds is 7. The van der Waals surface area contributed by atoms with E-state index >= 15 is 0 Å². The van der Waals surface area contributed by atoms with Gasteiger partial charge in [-0.3, -0.25) is 0 Å². The molecule has 0 amide bonds. The number of aliphatic hydroxyl groups excluding tert-OH is 1. The van der Waals surface area contributed by atoms with Crippen LogP contribution in [0, 0.1) is 12.7 Å². The molecule has 3 aromatic rings. The van der Waals surface area contributed by atoms with E-state index in [0.29, 0.717) is 47.9 Å². The summed E-state index contributed by atoms with van der Waals surface area (Å²) in [5.41, 5.74) is -0.925. The smallest absolute Gasteiger partial charge is 0.266 e. The predicted octanol–water partition coefficient (Wildman–Crippen LogP) is 3.91. The van der Waals surface area contributed by atoms with E-state index < -0.39 is 29.4 Å². The van der Waals surface area contributed by atoms with Crippen LogP contribution in [0.4, 0.5) is 24.8 Å². The number of anilines is 2. The Bertz CT molecular complexity index is 1160. The number of aromatic nitrogens is 3. The summed E-state index contributed by atoms with van der Waals surface area (Å²) >= 11 is 0. The average Bonchev–Trinajstić information content (AvgIpc) is 3.15. The minimum absolute atomic E-state index is 0.0993. The summed E-state index contributed by atoms with van der Waals surface area (Å²) in [6.45, 7) is 4.21. The fourth-order valence-electron chi connectivity index (χ4n) is 4.24. The molecule has 2 aromatic heterocycles. The molecule has 4 rings (SSSR count). The van der Waals surface area contributed by atoms with Crippen LogP contribution >= 0.6 is 0 Å². The standard InChI is InChI=1S/C23H26F3N5O2/c1-13(15-4-3-5-16(20(15)24)21(25)26)28-22-17-10-19(27-11-18(17)29-14(2)30-22)31-8-6-23(33,12-31)7-9-32/h3-5,10-11,13,21,32-33H,6-9,12H2,1-2H3,(H,28,29,30)/t13-,23-/m1/s1. The monoisotopic (exact) mass is 461 g/mol. The van der Waals surface area contributed by atoms with Crippen molar-refractivity contribution in [1.82, 2.24) is 15.0 Å². The highest BCUT2D eigenvalue weighted by molar-refractivity contribution is 5.90. The first-order chi connectivity index (χ1) is 15.7. The Morgan fingerprint density at radius 2 is 2.00 bits per heavy atom. The number of benzene rings is 1. The zero-order chi connectivity index (χ0) is 23.8. The van der Waals surface area contributed by atoms with Crippen molar-refractivity contribution in [3.05, 3.63) is 53.2 Å². The van der Waals surface area contributed by atoms with Gasteiger partial charge in [-0.05, 0) is 26.3 Å². The summed E-state index contributed by atoms with van der Waals surface area (Å²) in [6, 6.07) is 5.10. The van der Waals surface area contributed by atoms with Gasteiger partial charge in [0.1, 0.15) is 23.3 Å². The number of nitrogens with one attached hydrogen (secondary N) is 1. The Hall–Kier alpha value is -2.98. The van der Waals surface area contributed by atoms with Crippen molar-refractivity contribution in [2.45, 2.75) is 44.8 Å². The molecule has 1 aliphatic rings. The van der Waals surface area contributed by atoms with E-state index in [1.165, 1.54) is 12.1 Å². The lowest BCUT2D eigenvalue weighted by Crippen LogP contribution is -2.34. The van der Waals surface area contributed by atoms with Crippen LogP contribution in [-0.4, -0.2) is 50.5 Å². The lowest BCUT2D eigenvalue weighted by Gasteiger charge is -2.23. The highest BCUT2D eigenvalue weighted by atomic mass is 19.3. The van der Waals surface area contributed by atoms with Crippen molar-refractivity contribution in [2.24, 2.45) is 0 Å². The average molecular weight is 461 g/mol. The van der Waals surface area contributed by atoms with Gasteiger partial charge in [0.05, 0.1) is 28.9 Å². The van der Waals surface area contributed by atoms with Crippen LogP contribution in [-0.2, 0) is 0 Å². The Kier molecular flexibility index (Phi) is 6.40.